The van der Waals surface area contributed by atoms with Gasteiger partial charge in [-0.15, -0.1) is 11.3 Å². The van der Waals surface area contributed by atoms with Crippen molar-refractivity contribution in [3.8, 4) is 0 Å². The van der Waals surface area contributed by atoms with Gasteiger partial charge in [-0.25, -0.2) is 0 Å². The maximum Gasteiger partial charge on any atom is 0.236 e. The lowest BCUT2D eigenvalue weighted by Gasteiger charge is -2.38. The Hall–Kier alpha value is -2.73. The van der Waals surface area contributed by atoms with Gasteiger partial charge in [0.15, 0.2) is 5.78 Å². The number of likely N-dealkylation sites (tertiary alicyclic amines) is 1. The van der Waals surface area contributed by atoms with Crippen molar-refractivity contribution < 1.29 is 14.4 Å². The maximum absolute atomic E-state index is 13.7. The van der Waals surface area contributed by atoms with Crippen molar-refractivity contribution in [1.82, 2.24) is 4.90 Å². The average molecular weight is 421 g/mol. The molecule has 5 atom stereocenters. The van der Waals surface area contributed by atoms with E-state index < -0.39 is 17.9 Å². The summed E-state index contributed by atoms with van der Waals surface area (Å²) >= 11 is 1.39. The predicted octanol–water partition coefficient (Wildman–Crippen LogP) is 4.00. The molecular weight excluding hydrogens is 396 g/mol. The van der Waals surface area contributed by atoms with Crippen LogP contribution in [0.4, 0.5) is 5.69 Å². The summed E-state index contributed by atoms with van der Waals surface area (Å²) in [5.41, 5.74) is 3.07. The van der Waals surface area contributed by atoms with Crippen LogP contribution in [0.15, 0.2) is 47.9 Å². The summed E-state index contributed by atoms with van der Waals surface area (Å²) in [6, 6.07) is 10.5. The Morgan fingerprint density at radius 3 is 2.53 bits per heavy atom. The van der Waals surface area contributed by atoms with E-state index in [1.165, 1.54) is 16.2 Å². The lowest BCUT2D eigenvalue weighted by Crippen LogP contribution is -2.50. The normalized spacial score (nSPS) is 28.2. The van der Waals surface area contributed by atoms with Crippen molar-refractivity contribution in [2.75, 3.05) is 4.90 Å². The van der Waals surface area contributed by atoms with E-state index in [4.69, 9.17) is 0 Å². The Balaban J connectivity index is 1.69. The summed E-state index contributed by atoms with van der Waals surface area (Å²) in [4.78, 5) is 44.8. The second kappa shape index (κ2) is 6.91. The molecule has 2 saturated heterocycles. The van der Waals surface area contributed by atoms with Crippen molar-refractivity contribution in [3.63, 3.8) is 0 Å². The summed E-state index contributed by atoms with van der Waals surface area (Å²) in [7, 11) is 0. The summed E-state index contributed by atoms with van der Waals surface area (Å²) in [6.45, 7) is 5.91. The number of ketones is 1. The third kappa shape index (κ3) is 2.49. The minimum Gasteiger partial charge on any atom is -0.352 e. The van der Waals surface area contributed by atoms with Gasteiger partial charge in [0, 0.05) is 17.3 Å². The van der Waals surface area contributed by atoms with E-state index in [-0.39, 0.29) is 29.7 Å². The van der Waals surface area contributed by atoms with Crippen LogP contribution in [-0.2, 0) is 9.59 Å². The molecule has 3 aliphatic heterocycles. The third-order valence-corrected chi connectivity index (χ3v) is 7.74. The van der Waals surface area contributed by atoms with Crippen molar-refractivity contribution >= 4 is 40.2 Å². The van der Waals surface area contributed by atoms with E-state index in [9.17, 15) is 14.4 Å². The molecule has 1 aromatic heterocycles. The number of imide groups is 1. The van der Waals surface area contributed by atoms with Gasteiger partial charge in [0.2, 0.25) is 11.8 Å². The standard InChI is InChI=1S/C24H24N2O3S/c1-4-14(3)25-23(28)19-17-12-13(2)15-8-5-6-9-16(15)26(17)21(20(19)24(25)29)22(27)18-10-7-11-30-18/h5-12,14,17,19-21H,4H2,1-3H3/t14-,17-,19-,20-,21+/m0/s1. The van der Waals surface area contributed by atoms with E-state index in [2.05, 4.69) is 6.08 Å². The first kappa shape index (κ1) is 19.2. The highest BCUT2D eigenvalue weighted by molar-refractivity contribution is 7.12. The fraction of sp³-hybridized carbons (Fsp3) is 0.375. The number of carbonyl (C=O) groups excluding carboxylic acids is 3. The van der Waals surface area contributed by atoms with Crippen LogP contribution >= 0.6 is 11.3 Å². The molecule has 0 aliphatic carbocycles. The molecule has 1 aromatic carbocycles. The Morgan fingerprint density at radius 1 is 1.10 bits per heavy atom. The second-order valence-electron chi connectivity index (χ2n) is 8.41. The van der Waals surface area contributed by atoms with Crippen LogP contribution in [0.1, 0.15) is 42.4 Å². The number of fused-ring (bicyclic) bond motifs is 5. The summed E-state index contributed by atoms with van der Waals surface area (Å²) in [5, 5.41) is 1.87. The van der Waals surface area contributed by atoms with Crippen LogP contribution in [0, 0.1) is 11.8 Å². The number of nitrogens with zero attached hydrogens (tertiary/aromatic N) is 2. The number of hydrogen-bond donors (Lipinski definition) is 0. The number of thiophene rings is 1. The number of anilines is 1. The lowest BCUT2D eigenvalue weighted by molar-refractivity contribution is -0.142. The molecule has 0 spiro atoms. The van der Waals surface area contributed by atoms with Crippen LogP contribution in [0.5, 0.6) is 0 Å². The van der Waals surface area contributed by atoms with Crippen molar-refractivity contribution in [2.24, 2.45) is 11.8 Å². The number of para-hydroxylation sites is 1. The minimum atomic E-state index is -0.672. The van der Waals surface area contributed by atoms with E-state index in [0.717, 1.165) is 16.8 Å². The number of hydrogen-bond acceptors (Lipinski definition) is 5. The molecule has 5 nitrogen and oxygen atoms in total. The molecule has 2 amide bonds. The number of benzene rings is 1. The molecule has 0 saturated carbocycles. The van der Waals surface area contributed by atoms with Gasteiger partial charge in [-0.3, -0.25) is 19.3 Å². The summed E-state index contributed by atoms with van der Waals surface area (Å²) < 4.78 is 0. The fourth-order valence-corrected chi connectivity index (χ4v) is 6.00. The van der Waals surface area contributed by atoms with Crippen LogP contribution in [0.25, 0.3) is 5.57 Å². The van der Waals surface area contributed by atoms with E-state index in [0.29, 0.717) is 11.3 Å². The monoisotopic (exact) mass is 420 g/mol. The highest BCUT2D eigenvalue weighted by Crippen LogP contribution is 2.50. The SMILES string of the molecule is CC[C@H](C)N1C(=O)[C@@H]2[C@H](C1=O)[C@H](C(=O)c1cccs1)N1c3ccccc3C(C)=C[C@@H]21. The van der Waals surface area contributed by atoms with Gasteiger partial charge in [-0.05, 0) is 43.4 Å². The van der Waals surface area contributed by atoms with Crippen molar-refractivity contribution in [3.05, 3.63) is 58.3 Å². The highest BCUT2D eigenvalue weighted by Gasteiger charge is 2.64. The topological polar surface area (TPSA) is 57.7 Å². The number of allylic oxidation sites excluding steroid dienone is 1. The third-order valence-electron chi connectivity index (χ3n) is 6.85. The molecule has 2 aromatic rings. The van der Waals surface area contributed by atoms with E-state index in [1.807, 2.05) is 61.4 Å². The van der Waals surface area contributed by atoms with Crippen molar-refractivity contribution in [2.45, 2.75) is 45.3 Å². The van der Waals surface area contributed by atoms with Gasteiger partial charge >= 0.3 is 0 Å². The molecule has 2 fully saturated rings. The van der Waals surface area contributed by atoms with Crippen LogP contribution < -0.4 is 4.90 Å². The predicted molar refractivity (Wildman–Crippen MR) is 117 cm³/mol. The van der Waals surface area contributed by atoms with Crippen LogP contribution in [0.2, 0.25) is 0 Å². The van der Waals surface area contributed by atoms with Gasteiger partial charge in [0.05, 0.1) is 22.8 Å². The largest absolute Gasteiger partial charge is 0.352 e. The zero-order valence-electron chi connectivity index (χ0n) is 17.2. The number of carbonyl (C=O) groups is 3. The first-order chi connectivity index (χ1) is 14.5. The van der Waals surface area contributed by atoms with Gasteiger partial charge in [0.1, 0.15) is 6.04 Å². The number of rotatable bonds is 4. The maximum atomic E-state index is 13.7. The molecule has 3 aliphatic rings. The molecule has 0 N–H and O–H groups in total. The molecule has 0 bridgehead atoms. The molecular formula is C24H24N2O3S. The quantitative estimate of drug-likeness (QED) is 0.554. The zero-order chi connectivity index (χ0) is 21.2. The molecule has 154 valence electrons. The molecule has 30 heavy (non-hydrogen) atoms. The summed E-state index contributed by atoms with van der Waals surface area (Å²) in [6.07, 6.45) is 2.78. The van der Waals surface area contributed by atoms with Crippen molar-refractivity contribution in [1.29, 1.82) is 0 Å². The molecule has 4 heterocycles. The second-order valence-corrected chi connectivity index (χ2v) is 9.35. The first-order valence-electron chi connectivity index (χ1n) is 10.5. The highest BCUT2D eigenvalue weighted by atomic mass is 32.1. The molecule has 0 unspecified atom stereocenters. The van der Waals surface area contributed by atoms with Gasteiger partial charge < -0.3 is 4.90 Å². The van der Waals surface area contributed by atoms with Crippen LogP contribution in [-0.4, -0.2) is 40.6 Å². The number of Topliss-reactive ketones (excluding diaryl/α,β-unsaturated/α-hetero) is 1. The minimum absolute atomic E-state index is 0.0718. The van der Waals surface area contributed by atoms with Gasteiger partial charge in [0.25, 0.3) is 0 Å². The summed E-state index contributed by atoms with van der Waals surface area (Å²) in [5.74, 6) is -1.59. The van der Waals surface area contributed by atoms with E-state index in [1.54, 1.807) is 6.07 Å². The fourth-order valence-electron chi connectivity index (χ4n) is 5.30. The Morgan fingerprint density at radius 2 is 1.83 bits per heavy atom. The van der Waals surface area contributed by atoms with Gasteiger partial charge in [-0.2, -0.15) is 0 Å². The Labute approximate surface area is 180 Å². The van der Waals surface area contributed by atoms with Crippen LogP contribution in [0.3, 0.4) is 0 Å². The zero-order valence-corrected chi connectivity index (χ0v) is 18.1. The van der Waals surface area contributed by atoms with Gasteiger partial charge in [-0.1, -0.05) is 37.3 Å². The van der Waals surface area contributed by atoms with E-state index >= 15 is 0 Å². The number of amides is 2. The average Bonchev–Trinajstić information content (AvgIpc) is 3.44. The lowest BCUT2D eigenvalue weighted by atomic mass is 9.86. The molecule has 5 rings (SSSR count). The smallest absolute Gasteiger partial charge is 0.236 e. The molecule has 6 heteroatoms. The Kier molecular flexibility index (Phi) is 4.43. The first-order valence-corrected chi connectivity index (χ1v) is 11.3. The molecule has 0 radical (unpaired) electrons. The Bertz CT molecular complexity index is 1070.